The van der Waals surface area contributed by atoms with E-state index in [2.05, 4.69) is 29.6 Å². The quantitative estimate of drug-likeness (QED) is 0.781. The fourth-order valence-corrected chi connectivity index (χ4v) is 1.84. The van der Waals surface area contributed by atoms with Gasteiger partial charge in [0.15, 0.2) is 5.69 Å². The van der Waals surface area contributed by atoms with Crippen LogP contribution < -0.4 is 15.4 Å². The molecule has 1 unspecified atom stereocenters. The number of rotatable bonds is 7. The van der Waals surface area contributed by atoms with Gasteiger partial charge in [0, 0.05) is 13.1 Å². The summed E-state index contributed by atoms with van der Waals surface area (Å²) in [6, 6.07) is 0. The zero-order valence-corrected chi connectivity index (χ0v) is 12.3. The molecule has 0 aliphatic rings. The second kappa shape index (κ2) is 6.56. The lowest BCUT2D eigenvalue weighted by Crippen LogP contribution is -2.41. The summed E-state index contributed by atoms with van der Waals surface area (Å²) in [4.78, 5) is 12.1. The first kappa shape index (κ1) is 15.5. The molecule has 0 spiro atoms. The van der Waals surface area contributed by atoms with Gasteiger partial charge in [-0.1, -0.05) is 19.0 Å². The van der Waals surface area contributed by atoms with E-state index in [0.29, 0.717) is 12.1 Å². The summed E-state index contributed by atoms with van der Waals surface area (Å²) in [5, 5.41) is 9.77. The second-order valence-electron chi connectivity index (χ2n) is 5.02. The average Bonchev–Trinajstić information content (AvgIpc) is 2.77. The molecule has 1 amide bonds. The van der Waals surface area contributed by atoms with Crippen molar-refractivity contribution in [3.8, 4) is 5.95 Å². The molecule has 0 radical (unpaired) electrons. The van der Waals surface area contributed by atoms with E-state index in [4.69, 9.17) is 9.26 Å². The molecule has 0 fully saturated rings. The number of nitrogens with zero attached hydrogens (tertiary/aromatic N) is 1. The van der Waals surface area contributed by atoms with Gasteiger partial charge in [-0.2, -0.15) is 0 Å². The SMILES string of the molecule is CCC(C)(CNC)CNC(=O)c1noc(OC)c1C. The maximum Gasteiger partial charge on any atom is 0.314 e. The summed E-state index contributed by atoms with van der Waals surface area (Å²) in [5.74, 6) is 0.0407. The van der Waals surface area contributed by atoms with E-state index in [-0.39, 0.29) is 23.0 Å². The Morgan fingerprint density at radius 3 is 2.63 bits per heavy atom. The van der Waals surface area contributed by atoms with E-state index in [0.717, 1.165) is 13.0 Å². The molecule has 0 aliphatic carbocycles. The van der Waals surface area contributed by atoms with Crippen LogP contribution in [0.3, 0.4) is 0 Å². The Morgan fingerprint density at radius 2 is 2.16 bits per heavy atom. The third-order valence-electron chi connectivity index (χ3n) is 3.41. The lowest BCUT2D eigenvalue weighted by Gasteiger charge is -2.28. The number of carbonyl (C=O) groups excluding carboxylic acids is 1. The van der Waals surface area contributed by atoms with Crippen LogP contribution in [-0.2, 0) is 0 Å². The summed E-state index contributed by atoms with van der Waals surface area (Å²) < 4.78 is 9.89. The van der Waals surface area contributed by atoms with Gasteiger partial charge in [0.2, 0.25) is 0 Å². The van der Waals surface area contributed by atoms with Crippen molar-refractivity contribution >= 4 is 5.91 Å². The molecule has 0 saturated heterocycles. The van der Waals surface area contributed by atoms with Crippen LogP contribution in [-0.4, -0.2) is 38.3 Å². The smallest absolute Gasteiger partial charge is 0.314 e. The number of amides is 1. The summed E-state index contributed by atoms with van der Waals surface area (Å²) in [7, 11) is 3.39. The molecule has 1 aromatic rings. The van der Waals surface area contributed by atoms with Crippen molar-refractivity contribution in [2.24, 2.45) is 5.41 Å². The van der Waals surface area contributed by atoms with E-state index >= 15 is 0 Å². The molecule has 0 bridgehead atoms. The zero-order chi connectivity index (χ0) is 14.5. The van der Waals surface area contributed by atoms with Crippen molar-refractivity contribution in [1.82, 2.24) is 15.8 Å². The van der Waals surface area contributed by atoms with E-state index < -0.39 is 0 Å². The van der Waals surface area contributed by atoms with E-state index in [1.165, 1.54) is 7.11 Å². The van der Waals surface area contributed by atoms with Crippen LogP contribution >= 0.6 is 0 Å². The fraction of sp³-hybridized carbons (Fsp3) is 0.692. The monoisotopic (exact) mass is 269 g/mol. The lowest BCUT2D eigenvalue weighted by molar-refractivity contribution is 0.0922. The van der Waals surface area contributed by atoms with Gasteiger partial charge in [-0.25, -0.2) is 0 Å². The van der Waals surface area contributed by atoms with Crippen LogP contribution in [0.1, 0.15) is 36.3 Å². The highest BCUT2D eigenvalue weighted by Crippen LogP contribution is 2.21. The molecule has 1 rings (SSSR count). The molecular formula is C13H23N3O3. The molecule has 1 atom stereocenters. The standard InChI is InChI=1S/C13H23N3O3/c1-6-13(3,7-14-4)8-15-11(17)10-9(2)12(18-5)19-16-10/h14H,6-8H2,1-5H3,(H,15,17). The minimum atomic E-state index is -0.236. The summed E-state index contributed by atoms with van der Waals surface area (Å²) in [6.45, 7) is 7.40. The highest BCUT2D eigenvalue weighted by atomic mass is 16.6. The summed E-state index contributed by atoms with van der Waals surface area (Å²) in [5.41, 5.74) is 0.915. The molecule has 108 valence electrons. The van der Waals surface area contributed by atoms with Crippen LogP contribution in [0, 0.1) is 12.3 Å². The van der Waals surface area contributed by atoms with Crippen molar-refractivity contribution in [1.29, 1.82) is 0 Å². The number of nitrogens with one attached hydrogen (secondary N) is 2. The first-order chi connectivity index (χ1) is 8.97. The normalized spacial score (nSPS) is 13.9. The van der Waals surface area contributed by atoms with E-state index in [1.807, 2.05) is 7.05 Å². The van der Waals surface area contributed by atoms with Crippen LogP contribution in [0.2, 0.25) is 0 Å². The van der Waals surface area contributed by atoms with Crippen LogP contribution in [0.15, 0.2) is 4.52 Å². The van der Waals surface area contributed by atoms with Crippen molar-refractivity contribution in [3.05, 3.63) is 11.3 Å². The number of carbonyl (C=O) groups is 1. The lowest BCUT2D eigenvalue weighted by atomic mass is 9.87. The highest BCUT2D eigenvalue weighted by Gasteiger charge is 2.24. The molecule has 6 heteroatoms. The molecule has 0 aliphatic heterocycles. The molecule has 19 heavy (non-hydrogen) atoms. The predicted octanol–water partition coefficient (Wildman–Crippen LogP) is 1.36. The molecular weight excluding hydrogens is 246 g/mol. The number of hydrogen-bond donors (Lipinski definition) is 2. The topological polar surface area (TPSA) is 76.4 Å². The van der Waals surface area contributed by atoms with Gasteiger partial charge in [-0.15, -0.1) is 0 Å². The van der Waals surface area contributed by atoms with E-state index in [1.54, 1.807) is 6.92 Å². The van der Waals surface area contributed by atoms with Crippen molar-refractivity contribution in [2.75, 3.05) is 27.2 Å². The first-order valence-corrected chi connectivity index (χ1v) is 6.40. The minimum absolute atomic E-state index is 0.0200. The molecule has 0 aromatic carbocycles. The number of hydrogen-bond acceptors (Lipinski definition) is 5. The van der Waals surface area contributed by atoms with Crippen molar-refractivity contribution in [3.63, 3.8) is 0 Å². The van der Waals surface area contributed by atoms with Crippen LogP contribution in [0.5, 0.6) is 5.95 Å². The van der Waals surface area contributed by atoms with Crippen LogP contribution in [0.25, 0.3) is 0 Å². The summed E-state index contributed by atoms with van der Waals surface area (Å²) in [6.07, 6.45) is 0.967. The zero-order valence-electron chi connectivity index (χ0n) is 12.3. The van der Waals surface area contributed by atoms with Gasteiger partial charge in [0.1, 0.15) is 0 Å². The van der Waals surface area contributed by atoms with Gasteiger partial charge < -0.3 is 19.9 Å². The Morgan fingerprint density at radius 1 is 1.47 bits per heavy atom. The van der Waals surface area contributed by atoms with Crippen LogP contribution in [0.4, 0.5) is 0 Å². The molecule has 0 saturated carbocycles. The van der Waals surface area contributed by atoms with Gasteiger partial charge >= 0.3 is 5.95 Å². The molecule has 6 nitrogen and oxygen atoms in total. The third kappa shape index (κ3) is 3.70. The van der Waals surface area contributed by atoms with Crippen molar-refractivity contribution in [2.45, 2.75) is 27.2 Å². The highest BCUT2D eigenvalue weighted by molar-refractivity contribution is 5.93. The van der Waals surface area contributed by atoms with Gasteiger partial charge in [-0.3, -0.25) is 4.79 Å². The van der Waals surface area contributed by atoms with Crippen molar-refractivity contribution < 1.29 is 14.1 Å². The number of ether oxygens (including phenoxy) is 1. The Bertz CT molecular complexity index is 431. The molecule has 1 heterocycles. The Labute approximate surface area is 113 Å². The average molecular weight is 269 g/mol. The number of methoxy groups -OCH3 is 1. The second-order valence-corrected chi connectivity index (χ2v) is 5.02. The number of aromatic nitrogens is 1. The van der Waals surface area contributed by atoms with Gasteiger partial charge in [0.25, 0.3) is 5.91 Å². The Balaban J connectivity index is 2.67. The first-order valence-electron chi connectivity index (χ1n) is 6.40. The third-order valence-corrected chi connectivity index (χ3v) is 3.41. The molecule has 2 N–H and O–H groups in total. The summed E-state index contributed by atoms with van der Waals surface area (Å²) >= 11 is 0. The fourth-order valence-electron chi connectivity index (χ4n) is 1.84. The Hall–Kier alpha value is -1.56. The van der Waals surface area contributed by atoms with Gasteiger partial charge in [0.05, 0.1) is 12.7 Å². The predicted molar refractivity (Wildman–Crippen MR) is 72.4 cm³/mol. The molecule has 1 aromatic heterocycles. The maximum atomic E-state index is 12.1. The van der Waals surface area contributed by atoms with Gasteiger partial charge in [-0.05, 0) is 25.8 Å². The Kier molecular flexibility index (Phi) is 5.35. The maximum absolute atomic E-state index is 12.1. The minimum Gasteiger partial charge on any atom is -0.467 e. The van der Waals surface area contributed by atoms with E-state index in [9.17, 15) is 4.79 Å². The largest absolute Gasteiger partial charge is 0.467 e.